The van der Waals surface area contributed by atoms with E-state index in [0.29, 0.717) is 0 Å². The Morgan fingerprint density at radius 1 is 0.880 bits per heavy atom. The van der Waals surface area contributed by atoms with Crippen molar-refractivity contribution in [3.05, 3.63) is 91.0 Å². The lowest BCUT2D eigenvalue weighted by atomic mass is 10.0. The van der Waals surface area contributed by atoms with Crippen LogP contribution < -0.4 is 5.32 Å². The molecule has 0 bridgehead atoms. The average molecular weight is 341 g/mol. The number of allylic oxidation sites excluding steroid dienone is 3. The average Bonchev–Trinajstić information content (AvgIpc) is 2.67. The van der Waals surface area contributed by atoms with Gasteiger partial charge in [-0.25, -0.2) is 0 Å². The first-order valence-electron chi connectivity index (χ1n) is 8.36. The molecule has 1 aliphatic rings. The van der Waals surface area contributed by atoms with Crippen LogP contribution in [0.4, 0.5) is 11.4 Å². The number of benzene rings is 3. The van der Waals surface area contributed by atoms with Gasteiger partial charge in [0.2, 0.25) is 0 Å². The Balaban J connectivity index is 1.72. The molecule has 0 saturated carbocycles. The maximum Gasteiger partial charge on any atom is 0.0526 e. The van der Waals surface area contributed by atoms with Crippen molar-refractivity contribution >= 4 is 28.7 Å². The molecule has 1 N–H and O–H groups in total. The Kier molecular flexibility index (Phi) is 4.21. The first-order chi connectivity index (χ1) is 12.3. The lowest BCUT2D eigenvalue weighted by Gasteiger charge is -2.22. The SMILES string of the molecule is C=C/C(=C\C)c1ccc2c(c1)Sc1cc(-c3ccccc3)ccc1N2. The zero-order valence-electron chi connectivity index (χ0n) is 14.1. The van der Waals surface area contributed by atoms with Crippen LogP contribution in [0.3, 0.4) is 0 Å². The number of rotatable bonds is 3. The van der Waals surface area contributed by atoms with Gasteiger partial charge in [-0.05, 0) is 53.5 Å². The molecular weight excluding hydrogens is 322 g/mol. The minimum Gasteiger partial charge on any atom is -0.354 e. The second-order valence-corrected chi connectivity index (χ2v) is 7.05. The molecule has 0 unspecified atom stereocenters. The van der Waals surface area contributed by atoms with Crippen LogP contribution in [-0.2, 0) is 0 Å². The van der Waals surface area contributed by atoms with Crippen LogP contribution >= 0.6 is 11.8 Å². The van der Waals surface area contributed by atoms with Crippen molar-refractivity contribution in [2.75, 3.05) is 5.32 Å². The fourth-order valence-corrected chi connectivity index (χ4v) is 4.14. The van der Waals surface area contributed by atoms with Gasteiger partial charge in [0.1, 0.15) is 0 Å². The molecule has 3 aromatic carbocycles. The summed E-state index contributed by atoms with van der Waals surface area (Å²) in [6, 6.07) is 23.7. The quantitative estimate of drug-likeness (QED) is 0.397. The van der Waals surface area contributed by atoms with Crippen molar-refractivity contribution in [2.45, 2.75) is 16.7 Å². The molecule has 0 spiro atoms. The summed E-state index contributed by atoms with van der Waals surface area (Å²) < 4.78 is 0. The molecule has 0 amide bonds. The zero-order valence-corrected chi connectivity index (χ0v) is 14.9. The van der Waals surface area contributed by atoms with Crippen LogP contribution in [0.5, 0.6) is 0 Å². The minimum atomic E-state index is 1.16. The molecule has 0 fully saturated rings. The van der Waals surface area contributed by atoms with Crippen LogP contribution in [0.2, 0.25) is 0 Å². The van der Waals surface area contributed by atoms with Crippen molar-refractivity contribution in [1.82, 2.24) is 0 Å². The summed E-state index contributed by atoms with van der Waals surface area (Å²) in [5.74, 6) is 0. The van der Waals surface area contributed by atoms with Crippen molar-refractivity contribution < 1.29 is 0 Å². The fraction of sp³-hybridized carbons (Fsp3) is 0.0435. The molecule has 0 aromatic heterocycles. The fourth-order valence-electron chi connectivity index (χ4n) is 3.08. The lowest BCUT2D eigenvalue weighted by molar-refractivity contribution is 1.31. The van der Waals surface area contributed by atoms with E-state index in [1.165, 1.54) is 32.2 Å². The third kappa shape index (κ3) is 3.01. The summed E-state index contributed by atoms with van der Waals surface area (Å²) in [7, 11) is 0. The third-order valence-corrected chi connectivity index (χ3v) is 5.54. The standard InChI is InChI=1S/C23H19NS/c1-3-16(4-2)18-10-12-20-22(14-18)25-23-15-19(11-13-21(23)24-20)17-8-6-5-7-9-17/h3-15,24H,1H2,2H3/b16-4+. The Hall–Kier alpha value is -2.71. The largest absolute Gasteiger partial charge is 0.354 e. The van der Waals surface area contributed by atoms with Crippen LogP contribution in [0.15, 0.2) is 95.3 Å². The topological polar surface area (TPSA) is 12.0 Å². The lowest BCUT2D eigenvalue weighted by Crippen LogP contribution is -2.00. The summed E-state index contributed by atoms with van der Waals surface area (Å²) in [5, 5.41) is 3.56. The first-order valence-corrected chi connectivity index (χ1v) is 9.17. The highest BCUT2D eigenvalue weighted by atomic mass is 32.2. The molecule has 25 heavy (non-hydrogen) atoms. The van der Waals surface area contributed by atoms with Crippen molar-refractivity contribution in [3.8, 4) is 11.1 Å². The molecule has 0 aliphatic carbocycles. The molecule has 1 heterocycles. The Morgan fingerprint density at radius 3 is 2.32 bits per heavy atom. The van der Waals surface area contributed by atoms with Crippen LogP contribution in [0.25, 0.3) is 16.7 Å². The van der Waals surface area contributed by atoms with Gasteiger partial charge in [0.05, 0.1) is 11.4 Å². The highest BCUT2D eigenvalue weighted by Gasteiger charge is 2.17. The number of anilines is 2. The van der Waals surface area contributed by atoms with E-state index in [1.807, 2.05) is 24.8 Å². The van der Waals surface area contributed by atoms with E-state index in [1.54, 1.807) is 0 Å². The normalized spacial score (nSPS) is 12.8. The van der Waals surface area contributed by atoms with Gasteiger partial charge in [-0.3, -0.25) is 0 Å². The van der Waals surface area contributed by atoms with Gasteiger partial charge in [0, 0.05) is 9.79 Å². The summed E-state index contributed by atoms with van der Waals surface area (Å²) >= 11 is 1.82. The van der Waals surface area contributed by atoms with Gasteiger partial charge in [-0.2, -0.15) is 0 Å². The number of hydrogen-bond donors (Lipinski definition) is 1. The molecule has 0 atom stereocenters. The van der Waals surface area contributed by atoms with Crippen LogP contribution in [0.1, 0.15) is 12.5 Å². The molecular formula is C23H19NS. The van der Waals surface area contributed by atoms with Gasteiger partial charge < -0.3 is 5.32 Å². The summed E-state index contributed by atoms with van der Waals surface area (Å²) in [4.78, 5) is 2.50. The van der Waals surface area contributed by atoms with Gasteiger partial charge in [0.25, 0.3) is 0 Å². The van der Waals surface area contributed by atoms with Crippen molar-refractivity contribution in [1.29, 1.82) is 0 Å². The van der Waals surface area contributed by atoms with E-state index < -0.39 is 0 Å². The predicted molar refractivity (Wildman–Crippen MR) is 110 cm³/mol. The number of hydrogen-bond acceptors (Lipinski definition) is 2. The smallest absolute Gasteiger partial charge is 0.0526 e. The number of nitrogens with one attached hydrogen (secondary N) is 1. The Morgan fingerprint density at radius 2 is 1.60 bits per heavy atom. The van der Waals surface area contributed by atoms with E-state index in [-0.39, 0.29) is 0 Å². The Labute approximate surface area is 153 Å². The molecule has 0 saturated heterocycles. The van der Waals surface area contributed by atoms with Crippen molar-refractivity contribution in [3.63, 3.8) is 0 Å². The molecule has 3 aromatic rings. The van der Waals surface area contributed by atoms with Gasteiger partial charge in [-0.15, -0.1) is 0 Å². The van der Waals surface area contributed by atoms with Crippen molar-refractivity contribution in [2.24, 2.45) is 0 Å². The van der Waals surface area contributed by atoms with E-state index in [9.17, 15) is 0 Å². The molecule has 122 valence electrons. The molecule has 4 rings (SSSR count). The molecule has 2 heteroatoms. The monoisotopic (exact) mass is 341 g/mol. The third-order valence-electron chi connectivity index (χ3n) is 4.42. The van der Waals surface area contributed by atoms with Gasteiger partial charge >= 0.3 is 0 Å². The second-order valence-electron chi connectivity index (χ2n) is 5.96. The predicted octanol–water partition coefficient (Wildman–Crippen LogP) is 7.15. The molecule has 0 radical (unpaired) electrons. The van der Waals surface area contributed by atoms with Gasteiger partial charge in [-0.1, -0.05) is 73.0 Å². The summed E-state index contributed by atoms with van der Waals surface area (Å²) in [6.45, 7) is 5.96. The maximum absolute atomic E-state index is 3.91. The van der Waals surface area contributed by atoms with E-state index in [4.69, 9.17) is 0 Å². The summed E-state index contributed by atoms with van der Waals surface area (Å²) in [5.41, 5.74) is 7.18. The van der Waals surface area contributed by atoms with E-state index in [0.717, 1.165) is 11.3 Å². The molecule has 1 aliphatic heterocycles. The number of fused-ring (bicyclic) bond motifs is 2. The Bertz CT molecular complexity index is 971. The van der Waals surface area contributed by atoms with E-state index in [2.05, 4.69) is 84.7 Å². The first kappa shape index (κ1) is 15.8. The highest BCUT2D eigenvalue weighted by molar-refractivity contribution is 7.99. The zero-order chi connectivity index (χ0) is 17.2. The van der Waals surface area contributed by atoms with Crippen LogP contribution in [0, 0.1) is 0 Å². The van der Waals surface area contributed by atoms with Crippen LogP contribution in [-0.4, -0.2) is 0 Å². The minimum absolute atomic E-state index is 1.16. The second kappa shape index (κ2) is 6.66. The highest BCUT2D eigenvalue weighted by Crippen LogP contribution is 2.46. The van der Waals surface area contributed by atoms with E-state index >= 15 is 0 Å². The molecule has 1 nitrogen and oxygen atoms in total. The maximum atomic E-state index is 3.91. The van der Waals surface area contributed by atoms with Gasteiger partial charge in [0.15, 0.2) is 0 Å². The summed E-state index contributed by atoms with van der Waals surface area (Å²) in [6.07, 6.45) is 4.00.